The van der Waals surface area contributed by atoms with Gasteiger partial charge in [0.05, 0.1) is 46.3 Å². The van der Waals surface area contributed by atoms with Gasteiger partial charge in [0.2, 0.25) is 23.6 Å². The lowest BCUT2D eigenvalue weighted by atomic mass is 9.90. The summed E-state index contributed by atoms with van der Waals surface area (Å²) in [6, 6.07) is 19.7. The number of aryl methyl sites for hydroxylation is 1. The number of rotatable bonds is 26. The Morgan fingerprint density at radius 1 is 0.887 bits per heavy atom. The predicted octanol–water partition coefficient (Wildman–Crippen LogP) is 4.60. The number of allylic oxidation sites excluding steroid dienone is 1. The van der Waals surface area contributed by atoms with Gasteiger partial charge in [-0.05, 0) is 61.8 Å². The second kappa shape index (κ2) is 28.0. The summed E-state index contributed by atoms with van der Waals surface area (Å²) in [6.45, 7) is 6.11. The number of nitrogens with two attached hydrogens (primary N) is 1. The fourth-order valence-electron chi connectivity index (χ4n) is 10.7. The third-order valence-electron chi connectivity index (χ3n) is 15.3. The average Bonchev–Trinajstić information content (AvgIpc) is 4.02. The van der Waals surface area contributed by atoms with Gasteiger partial charge in [0.15, 0.2) is 18.3 Å². The van der Waals surface area contributed by atoms with Gasteiger partial charge in [0.1, 0.15) is 12.1 Å². The van der Waals surface area contributed by atoms with Crippen LogP contribution in [0.4, 0.5) is 0 Å². The molecule has 0 radical (unpaired) electrons. The van der Waals surface area contributed by atoms with E-state index in [1.165, 1.54) is 10.9 Å². The lowest BCUT2D eigenvalue weighted by molar-refractivity contribution is -0.448. The molecule has 8 rings (SSSR count). The van der Waals surface area contributed by atoms with Crippen molar-refractivity contribution in [3.05, 3.63) is 121 Å². The number of H-pyrrole nitrogens is 1. The fraction of sp³-hybridized carbons (Fsp3) is 0.458. The van der Waals surface area contributed by atoms with Gasteiger partial charge in [0, 0.05) is 112 Å². The molecule has 19 nitrogen and oxygen atoms in total. The molecule has 1 fully saturated rings. The maximum Gasteiger partial charge on any atom is 0.281 e. The van der Waals surface area contributed by atoms with E-state index in [-0.39, 0.29) is 47.2 Å². The first-order valence-electron chi connectivity index (χ1n) is 27.9. The number of amides is 4. The summed E-state index contributed by atoms with van der Waals surface area (Å²) in [7, 11) is 1.79. The van der Waals surface area contributed by atoms with Crippen LogP contribution in [-0.4, -0.2) is 132 Å². The van der Waals surface area contributed by atoms with E-state index in [4.69, 9.17) is 28.9 Å². The molecule has 2 aliphatic heterocycles. The van der Waals surface area contributed by atoms with Crippen molar-refractivity contribution >= 4 is 80.7 Å². The zero-order valence-electron chi connectivity index (χ0n) is 45.8. The molecule has 9 N–H and O–H groups in total. The molecule has 0 spiro atoms. The summed E-state index contributed by atoms with van der Waals surface area (Å²) in [5.41, 5.74) is 13.2. The van der Waals surface area contributed by atoms with E-state index in [1.54, 1.807) is 35.0 Å². The molecule has 3 aromatic heterocycles. The SMILES string of the molecule is C[C@H](CC(=O)N1CCC(O)(Cn2cnc3c(-c4ccc(CNCCCNC(=O)CCCCCCCC(=O)NCC[NH+]=C/C=C(\N)c5cc(Cl)c(Cl)c6[nH]c7c(c56)CN(C(=O)CO)CC7)cc4)n(C)nc3c2=O)CC1)c1ccccc1. The zero-order valence-corrected chi connectivity index (χ0v) is 47.3. The van der Waals surface area contributed by atoms with E-state index < -0.39 is 12.2 Å². The highest BCUT2D eigenvalue weighted by molar-refractivity contribution is 6.45. The van der Waals surface area contributed by atoms with Crippen molar-refractivity contribution in [3.8, 4) is 11.3 Å². The third kappa shape index (κ3) is 15.1. The van der Waals surface area contributed by atoms with Gasteiger partial charge >= 0.3 is 0 Å². The summed E-state index contributed by atoms with van der Waals surface area (Å²) in [5, 5.41) is 36.4. The highest BCUT2D eigenvalue weighted by Crippen LogP contribution is 2.40. The first-order chi connectivity index (χ1) is 38.6. The van der Waals surface area contributed by atoms with Crippen molar-refractivity contribution in [1.29, 1.82) is 0 Å². The van der Waals surface area contributed by atoms with Gasteiger partial charge in [-0.15, -0.1) is 0 Å². The highest BCUT2D eigenvalue weighted by Gasteiger charge is 2.35. The summed E-state index contributed by atoms with van der Waals surface area (Å²) in [4.78, 5) is 78.5. The van der Waals surface area contributed by atoms with Crippen LogP contribution < -0.4 is 32.2 Å². The van der Waals surface area contributed by atoms with Crippen LogP contribution >= 0.6 is 23.2 Å². The topological polar surface area (TPSA) is 260 Å². The van der Waals surface area contributed by atoms with Crippen LogP contribution in [0.25, 0.3) is 38.9 Å². The third-order valence-corrected chi connectivity index (χ3v) is 16.1. The van der Waals surface area contributed by atoms with Crippen LogP contribution in [0.15, 0.2) is 77.9 Å². The van der Waals surface area contributed by atoms with Crippen molar-refractivity contribution in [1.82, 2.24) is 50.1 Å². The van der Waals surface area contributed by atoms with Gasteiger partial charge in [0.25, 0.3) is 5.56 Å². The Kier molecular flexibility index (Phi) is 20.7. The van der Waals surface area contributed by atoms with Crippen LogP contribution in [0.2, 0.25) is 10.0 Å². The summed E-state index contributed by atoms with van der Waals surface area (Å²) in [5.74, 6) is -0.147. The summed E-state index contributed by atoms with van der Waals surface area (Å²) < 4.78 is 3.10. The number of hydrogen-bond donors (Lipinski definition) is 8. The monoisotopic (exact) mass is 1130 g/mol. The Labute approximate surface area is 476 Å². The Balaban J connectivity index is 0.657. The standard InChI is InChI=1S/C59H74Cl2N12O7/c1-39(41-12-7-6-8-13-41)32-50(77)71-30-22-59(80,23-31-71)37-73-38-67-55-56(58(73)79)69-70(2)57(55)42-18-16-40(17-19-42)34-64-24-11-25-65-48(75)14-9-4-3-5-10-15-49(76)66-28-27-63-26-20-46(62)43-33-45(60)53(61)54-52(43)44-35-72(51(78)36-74)29-21-47(44)68-54/h6-8,12-13,16-20,26,33,38-39,64,68,74,80H,3-5,9-11,14-15,21-25,27-32,34-37,62H2,1-2H3,(H,65,75)(H,66,76)/p+1/b46-20-,63-26?/t39-/m1/s1. The largest absolute Gasteiger partial charge is 0.398 e. The number of nitrogens with one attached hydrogen (secondary N) is 5. The normalized spacial score (nSPS) is 14.9. The van der Waals surface area contributed by atoms with Crippen LogP contribution in [0.3, 0.4) is 0 Å². The number of nitrogens with zero attached hydrogens (tertiary/aromatic N) is 6. The zero-order chi connectivity index (χ0) is 56.8. The number of aromatic nitrogens is 5. The smallest absolute Gasteiger partial charge is 0.281 e. The molecule has 5 heterocycles. The molecule has 0 aliphatic carbocycles. The summed E-state index contributed by atoms with van der Waals surface area (Å²) >= 11 is 13.0. The van der Waals surface area contributed by atoms with Crippen LogP contribution in [0.5, 0.6) is 0 Å². The molecule has 21 heteroatoms. The molecule has 1 saturated heterocycles. The predicted molar refractivity (Wildman–Crippen MR) is 312 cm³/mol. The molecule has 6 aromatic rings. The number of aliphatic hydroxyl groups is 2. The van der Waals surface area contributed by atoms with Gasteiger partial charge in [-0.1, -0.05) is 104 Å². The van der Waals surface area contributed by atoms with E-state index in [2.05, 4.69) is 42.9 Å². The number of carbonyl (C=O) groups is 4. The van der Waals surface area contributed by atoms with E-state index in [0.717, 1.165) is 84.1 Å². The van der Waals surface area contributed by atoms with E-state index in [1.807, 2.05) is 59.5 Å². The van der Waals surface area contributed by atoms with E-state index >= 15 is 0 Å². The van der Waals surface area contributed by atoms with Crippen molar-refractivity contribution in [2.45, 2.75) is 115 Å². The number of aromatic amines is 1. The molecular weight excluding hydrogens is 1060 g/mol. The molecule has 1 atom stereocenters. The van der Waals surface area contributed by atoms with Gasteiger partial charge in [-0.2, -0.15) is 5.10 Å². The van der Waals surface area contributed by atoms with Gasteiger partial charge in [-0.25, -0.2) is 9.98 Å². The summed E-state index contributed by atoms with van der Waals surface area (Å²) in [6.07, 6.45) is 12.7. The Morgan fingerprint density at radius 3 is 2.30 bits per heavy atom. The Hall–Kier alpha value is -6.90. The molecule has 0 saturated carbocycles. The molecule has 0 unspecified atom stereocenters. The lowest BCUT2D eigenvalue weighted by Crippen LogP contribution is -2.71. The number of unbranched alkanes of at least 4 members (excludes halogenated alkanes) is 4. The van der Waals surface area contributed by atoms with Gasteiger partial charge in [-0.3, -0.25) is 33.2 Å². The van der Waals surface area contributed by atoms with Crippen molar-refractivity contribution in [2.24, 2.45) is 12.8 Å². The Bertz CT molecular complexity index is 3260. The second-order valence-corrected chi connectivity index (χ2v) is 22.0. The number of fused-ring (bicyclic) bond motifs is 4. The maximum atomic E-state index is 13.7. The van der Waals surface area contributed by atoms with Crippen LogP contribution in [0, 0.1) is 0 Å². The number of carbonyl (C=O) groups excluding carboxylic acids is 4. The molecule has 4 amide bonds. The van der Waals surface area contributed by atoms with Crippen molar-refractivity contribution < 1.29 is 34.4 Å². The number of halogens is 2. The molecular formula is C59H75Cl2N12O7+. The lowest BCUT2D eigenvalue weighted by Gasteiger charge is -2.38. The first kappa shape index (κ1) is 59.2. The van der Waals surface area contributed by atoms with E-state index in [9.17, 15) is 34.2 Å². The number of likely N-dealkylation sites (tertiary alicyclic amines) is 1. The quantitative estimate of drug-likeness (QED) is 0.0275. The van der Waals surface area contributed by atoms with Crippen LogP contribution in [0.1, 0.15) is 111 Å². The second-order valence-electron chi connectivity index (χ2n) is 21.2. The number of piperidine rings is 1. The van der Waals surface area contributed by atoms with Crippen molar-refractivity contribution in [3.63, 3.8) is 0 Å². The Morgan fingerprint density at radius 2 is 1.59 bits per heavy atom. The maximum absolute atomic E-state index is 13.7. The number of hydrogen-bond acceptors (Lipinski definition) is 11. The number of benzene rings is 3. The average molecular weight is 1140 g/mol. The molecule has 0 bridgehead atoms. The first-order valence-corrected chi connectivity index (χ1v) is 28.6. The minimum atomic E-state index is -1.15. The minimum Gasteiger partial charge on any atom is -0.398 e. The van der Waals surface area contributed by atoms with Crippen LogP contribution in [-0.2, 0) is 52.3 Å². The molecule has 2 aliphatic rings. The minimum absolute atomic E-state index is 0.0105. The fourth-order valence-corrected chi connectivity index (χ4v) is 11.1. The highest BCUT2D eigenvalue weighted by atomic mass is 35.5. The van der Waals surface area contributed by atoms with Gasteiger partial charge < -0.3 is 46.7 Å². The van der Waals surface area contributed by atoms with Crippen molar-refractivity contribution in [2.75, 3.05) is 52.4 Å². The van der Waals surface area contributed by atoms with E-state index in [0.29, 0.717) is 123 Å². The molecule has 3 aromatic carbocycles. The number of aliphatic hydroxyl groups excluding tert-OH is 1. The molecule has 80 heavy (non-hydrogen) atoms. The molecule has 426 valence electrons.